The summed E-state index contributed by atoms with van der Waals surface area (Å²) in [4.78, 5) is 11.1. The van der Waals surface area contributed by atoms with Crippen molar-refractivity contribution in [1.82, 2.24) is 5.06 Å². The van der Waals surface area contributed by atoms with Crippen LogP contribution in [0.15, 0.2) is 0 Å². The first-order chi connectivity index (χ1) is 6.97. The van der Waals surface area contributed by atoms with E-state index in [0.29, 0.717) is 0 Å². The molecule has 5 nitrogen and oxygen atoms in total. The molecule has 0 aliphatic rings. The lowest BCUT2D eigenvalue weighted by Crippen LogP contribution is -2.36. The van der Waals surface area contributed by atoms with Gasteiger partial charge in [0.05, 0.1) is 0 Å². The van der Waals surface area contributed by atoms with Crippen molar-refractivity contribution in [1.29, 1.82) is 0 Å². The molecule has 0 aromatic carbocycles. The predicted molar refractivity (Wildman–Crippen MR) is 48.3 cm³/mol. The van der Waals surface area contributed by atoms with Crippen LogP contribution in [-0.4, -0.2) is 31.9 Å². The van der Waals surface area contributed by atoms with Gasteiger partial charge in [-0.25, -0.2) is 5.06 Å². The Labute approximate surface area is 91.2 Å². The van der Waals surface area contributed by atoms with Gasteiger partial charge < -0.3 is 0 Å². The molecule has 0 saturated carbocycles. The smallest absolute Gasteiger partial charge is 0.273 e. The Balaban J connectivity index is 4.58. The Morgan fingerprint density at radius 1 is 1.38 bits per heavy atom. The Kier molecular flexibility index (Phi) is 4.74. The first-order valence-electron chi connectivity index (χ1n) is 4.25. The number of carbonyl (C=O) groups is 1. The van der Waals surface area contributed by atoms with Gasteiger partial charge in [-0.05, 0) is 5.92 Å². The minimum Gasteiger partial charge on any atom is -0.273 e. The Bertz CT molecular complexity index is 349. The second kappa shape index (κ2) is 5.00. The van der Waals surface area contributed by atoms with Crippen molar-refractivity contribution in [3.63, 3.8) is 0 Å². The third kappa shape index (κ3) is 4.35. The van der Waals surface area contributed by atoms with Gasteiger partial charge in [-0.2, -0.15) is 21.6 Å². The minimum atomic E-state index is -5.77. The second-order valence-electron chi connectivity index (χ2n) is 3.46. The fourth-order valence-electron chi connectivity index (χ4n) is 0.709. The summed E-state index contributed by atoms with van der Waals surface area (Å²) >= 11 is 0. The summed E-state index contributed by atoms with van der Waals surface area (Å²) in [6, 6.07) is 0. The normalized spacial score (nSPS) is 12.9. The third-order valence-corrected chi connectivity index (χ3v) is 2.41. The van der Waals surface area contributed by atoms with E-state index in [9.17, 15) is 26.4 Å². The molecule has 16 heavy (non-hydrogen) atoms. The molecule has 0 atom stereocenters. The van der Waals surface area contributed by atoms with Crippen molar-refractivity contribution in [2.75, 3.05) is 7.05 Å². The van der Waals surface area contributed by atoms with Crippen LogP contribution in [0.2, 0.25) is 0 Å². The fourth-order valence-corrected chi connectivity index (χ4v) is 1.17. The van der Waals surface area contributed by atoms with E-state index in [1.807, 2.05) is 0 Å². The van der Waals surface area contributed by atoms with Gasteiger partial charge in [0, 0.05) is 13.5 Å². The molecule has 0 bridgehead atoms. The molecule has 0 N–H and O–H groups in total. The van der Waals surface area contributed by atoms with Gasteiger partial charge in [-0.3, -0.25) is 4.79 Å². The van der Waals surface area contributed by atoms with E-state index in [1.54, 1.807) is 13.8 Å². The third-order valence-electron chi connectivity index (χ3n) is 1.43. The van der Waals surface area contributed by atoms with Crippen LogP contribution < -0.4 is 0 Å². The highest BCUT2D eigenvalue weighted by Gasteiger charge is 2.49. The zero-order chi connectivity index (χ0) is 13.1. The first kappa shape index (κ1) is 15.2. The Hall–Kier alpha value is -0.830. The number of hydrogen-bond donors (Lipinski definition) is 0. The van der Waals surface area contributed by atoms with Crippen LogP contribution in [0.1, 0.15) is 20.3 Å². The molecule has 0 aliphatic carbocycles. The van der Waals surface area contributed by atoms with Crippen molar-refractivity contribution in [3.8, 4) is 0 Å². The number of alkyl halides is 3. The monoisotopic (exact) mass is 263 g/mol. The topological polar surface area (TPSA) is 63.7 Å². The van der Waals surface area contributed by atoms with Crippen molar-refractivity contribution in [2.45, 2.75) is 25.8 Å². The molecule has 0 saturated heterocycles. The van der Waals surface area contributed by atoms with Crippen molar-refractivity contribution < 1.29 is 30.7 Å². The zero-order valence-corrected chi connectivity index (χ0v) is 9.72. The molecule has 0 rings (SSSR count). The van der Waals surface area contributed by atoms with Gasteiger partial charge in [-0.1, -0.05) is 13.8 Å². The summed E-state index contributed by atoms with van der Waals surface area (Å²) in [7, 11) is -4.96. The molecule has 9 heteroatoms. The van der Waals surface area contributed by atoms with E-state index in [0.717, 1.165) is 7.05 Å². The van der Waals surface area contributed by atoms with Crippen LogP contribution in [0, 0.1) is 5.92 Å². The van der Waals surface area contributed by atoms with Crippen LogP contribution in [0.4, 0.5) is 13.2 Å². The Morgan fingerprint density at radius 2 is 1.81 bits per heavy atom. The zero-order valence-electron chi connectivity index (χ0n) is 8.91. The summed E-state index contributed by atoms with van der Waals surface area (Å²) in [5.74, 6) is -0.963. The summed E-state index contributed by atoms with van der Waals surface area (Å²) in [5, 5.41) is 0.0722. The summed E-state index contributed by atoms with van der Waals surface area (Å²) in [5.41, 5.74) is -5.54. The molecule has 0 heterocycles. The highest BCUT2D eigenvalue weighted by atomic mass is 32.2. The molecule has 0 aromatic rings. The van der Waals surface area contributed by atoms with Crippen molar-refractivity contribution >= 4 is 16.0 Å². The molecule has 0 aromatic heterocycles. The van der Waals surface area contributed by atoms with Crippen LogP contribution in [0.25, 0.3) is 0 Å². The van der Waals surface area contributed by atoms with Crippen LogP contribution >= 0.6 is 0 Å². The van der Waals surface area contributed by atoms with E-state index in [1.165, 1.54) is 0 Å². The van der Waals surface area contributed by atoms with Gasteiger partial charge in [0.2, 0.25) is 5.91 Å². The maximum Gasteiger partial charge on any atom is 0.525 e. The number of nitrogens with zero attached hydrogens (tertiary/aromatic N) is 1. The lowest BCUT2D eigenvalue weighted by Gasteiger charge is -2.17. The summed E-state index contributed by atoms with van der Waals surface area (Å²) < 4.78 is 60.2. The van der Waals surface area contributed by atoms with E-state index < -0.39 is 21.5 Å². The highest BCUT2D eigenvalue weighted by molar-refractivity contribution is 7.87. The molecule has 0 aliphatic heterocycles. The van der Waals surface area contributed by atoms with Gasteiger partial charge in [0.15, 0.2) is 0 Å². The van der Waals surface area contributed by atoms with Crippen LogP contribution in [0.5, 0.6) is 0 Å². The van der Waals surface area contributed by atoms with E-state index >= 15 is 0 Å². The highest BCUT2D eigenvalue weighted by Crippen LogP contribution is 2.25. The Morgan fingerprint density at radius 3 is 2.12 bits per heavy atom. The number of hydrogen-bond acceptors (Lipinski definition) is 4. The average molecular weight is 263 g/mol. The molecular formula is C7H12F3NO4S. The van der Waals surface area contributed by atoms with E-state index in [2.05, 4.69) is 4.28 Å². The largest absolute Gasteiger partial charge is 0.525 e. The van der Waals surface area contributed by atoms with E-state index in [-0.39, 0.29) is 17.4 Å². The van der Waals surface area contributed by atoms with Gasteiger partial charge in [0.1, 0.15) is 0 Å². The number of hydroxylamine groups is 2. The summed E-state index contributed by atoms with van der Waals surface area (Å²) in [6.07, 6.45) is -0.107. The maximum absolute atomic E-state index is 11.9. The molecule has 0 radical (unpaired) electrons. The number of carbonyl (C=O) groups excluding carboxylic acids is 1. The first-order valence-corrected chi connectivity index (χ1v) is 5.65. The number of halogens is 3. The molecule has 0 spiro atoms. The quantitative estimate of drug-likeness (QED) is 0.566. The fraction of sp³-hybridized carbons (Fsp3) is 0.857. The molecular weight excluding hydrogens is 251 g/mol. The summed E-state index contributed by atoms with van der Waals surface area (Å²) in [6.45, 7) is 3.31. The van der Waals surface area contributed by atoms with Gasteiger partial charge in [-0.15, -0.1) is 4.28 Å². The second-order valence-corrected chi connectivity index (χ2v) is 4.98. The number of amides is 1. The standard InChI is InChI=1S/C7H12F3NO4S/c1-5(2)4-6(12)11(3)15-16(13,14)7(8,9)10/h5H,4H2,1-3H3. The van der Waals surface area contributed by atoms with Gasteiger partial charge in [0.25, 0.3) is 0 Å². The predicted octanol–water partition coefficient (Wildman–Crippen LogP) is 1.27. The van der Waals surface area contributed by atoms with Crippen molar-refractivity contribution in [3.05, 3.63) is 0 Å². The van der Waals surface area contributed by atoms with Crippen molar-refractivity contribution in [2.24, 2.45) is 5.92 Å². The van der Waals surface area contributed by atoms with Crippen LogP contribution in [-0.2, 0) is 19.2 Å². The molecule has 0 fully saturated rings. The molecule has 0 unspecified atom stereocenters. The molecule has 1 amide bonds. The SMILES string of the molecule is CC(C)CC(=O)N(C)OS(=O)(=O)C(F)(F)F. The van der Waals surface area contributed by atoms with E-state index in [4.69, 9.17) is 0 Å². The minimum absolute atomic E-state index is 0.0722. The number of rotatable bonds is 4. The lowest BCUT2D eigenvalue weighted by molar-refractivity contribution is -0.156. The lowest BCUT2D eigenvalue weighted by atomic mass is 10.1. The van der Waals surface area contributed by atoms with Gasteiger partial charge >= 0.3 is 15.6 Å². The molecule has 96 valence electrons. The maximum atomic E-state index is 11.9. The average Bonchev–Trinajstić information content (AvgIpc) is 1.99. The van der Waals surface area contributed by atoms with Crippen LogP contribution in [0.3, 0.4) is 0 Å².